The molecule has 15 heavy (non-hydrogen) atoms. The van der Waals surface area contributed by atoms with Gasteiger partial charge in [0.2, 0.25) is 0 Å². The Morgan fingerprint density at radius 1 is 1.33 bits per heavy atom. The highest BCUT2D eigenvalue weighted by Crippen LogP contribution is 2.02. The van der Waals surface area contributed by atoms with E-state index in [1.165, 1.54) is 0 Å². The number of hydrogen-bond donors (Lipinski definition) is 0. The zero-order valence-electron chi connectivity index (χ0n) is 8.33. The Kier molecular flexibility index (Phi) is 4.94. The topological polar surface area (TPSA) is 52.4 Å². The van der Waals surface area contributed by atoms with E-state index in [-0.39, 0.29) is 6.61 Å². The van der Waals surface area contributed by atoms with Crippen LogP contribution in [-0.4, -0.2) is 11.7 Å². The first-order valence-electron chi connectivity index (χ1n) is 4.78. The molecule has 0 aromatic heterocycles. The molecule has 0 bridgehead atoms. The summed E-state index contributed by atoms with van der Waals surface area (Å²) >= 11 is 0. The van der Waals surface area contributed by atoms with Crippen LogP contribution in [-0.2, 0) is 4.84 Å². The SMILES string of the molecule is O=[N+]([O-])OCCC/C=C/c1ccccc1. The first kappa shape index (κ1) is 11.2. The molecule has 0 unspecified atom stereocenters. The van der Waals surface area contributed by atoms with Gasteiger partial charge in [0.25, 0.3) is 5.09 Å². The Bertz CT molecular complexity index is 322. The van der Waals surface area contributed by atoms with Gasteiger partial charge in [0.05, 0.1) is 6.61 Å². The summed E-state index contributed by atoms with van der Waals surface area (Å²) in [4.78, 5) is 14.0. The van der Waals surface area contributed by atoms with Gasteiger partial charge < -0.3 is 4.84 Å². The minimum absolute atomic E-state index is 0.159. The molecular formula is C11H13NO3. The van der Waals surface area contributed by atoms with Crippen LogP contribution in [0.4, 0.5) is 0 Å². The number of unbranched alkanes of at least 4 members (excludes halogenated alkanes) is 1. The molecule has 0 radical (unpaired) electrons. The number of benzene rings is 1. The van der Waals surface area contributed by atoms with Gasteiger partial charge in [-0.3, -0.25) is 0 Å². The average molecular weight is 207 g/mol. The van der Waals surface area contributed by atoms with Gasteiger partial charge in [0.1, 0.15) is 0 Å². The van der Waals surface area contributed by atoms with Gasteiger partial charge in [-0.1, -0.05) is 42.5 Å². The van der Waals surface area contributed by atoms with E-state index in [1.54, 1.807) is 0 Å². The van der Waals surface area contributed by atoms with Crippen molar-refractivity contribution in [1.29, 1.82) is 0 Å². The molecule has 0 aliphatic heterocycles. The van der Waals surface area contributed by atoms with E-state index < -0.39 is 5.09 Å². The van der Waals surface area contributed by atoms with E-state index in [0.29, 0.717) is 6.42 Å². The summed E-state index contributed by atoms with van der Waals surface area (Å²) < 4.78 is 0. The van der Waals surface area contributed by atoms with Crippen LogP contribution in [0.3, 0.4) is 0 Å². The molecule has 1 rings (SSSR count). The molecule has 1 aromatic rings. The van der Waals surface area contributed by atoms with Gasteiger partial charge in [0.15, 0.2) is 0 Å². The van der Waals surface area contributed by atoms with Crippen molar-refractivity contribution in [2.24, 2.45) is 0 Å². The summed E-state index contributed by atoms with van der Waals surface area (Å²) in [6, 6.07) is 9.90. The standard InChI is InChI=1S/C11H13NO3/c13-12(14)15-10-6-2-5-9-11-7-3-1-4-8-11/h1,3-5,7-9H,2,6,10H2/b9-5+. The van der Waals surface area contributed by atoms with Crippen LogP contribution >= 0.6 is 0 Å². The molecule has 0 aliphatic carbocycles. The summed E-state index contributed by atoms with van der Waals surface area (Å²) in [6.45, 7) is 0.159. The highest BCUT2D eigenvalue weighted by atomic mass is 16.9. The van der Waals surface area contributed by atoms with Crippen molar-refractivity contribution >= 4 is 6.08 Å². The van der Waals surface area contributed by atoms with Crippen LogP contribution in [0.15, 0.2) is 36.4 Å². The van der Waals surface area contributed by atoms with E-state index in [4.69, 9.17) is 0 Å². The van der Waals surface area contributed by atoms with Crippen molar-refractivity contribution in [3.05, 3.63) is 52.1 Å². The maximum Gasteiger partial charge on any atom is 0.294 e. The maximum atomic E-state index is 9.82. The number of allylic oxidation sites excluding steroid dienone is 1. The lowest BCUT2D eigenvalue weighted by atomic mass is 10.2. The Hall–Kier alpha value is -1.84. The van der Waals surface area contributed by atoms with Crippen LogP contribution in [0.2, 0.25) is 0 Å². The molecule has 4 heteroatoms. The Labute approximate surface area is 88.3 Å². The van der Waals surface area contributed by atoms with Crippen molar-refractivity contribution in [3.63, 3.8) is 0 Å². The van der Waals surface area contributed by atoms with Crippen LogP contribution < -0.4 is 0 Å². The lowest BCUT2D eigenvalue weighted by Gasteiger charge is -1.95. The number of rotatable bonds is 6. The van der Waals surface area contributed by atoms with Crippen molar-refractivity contribution in [2.45, 2.75) is 12.8 Å². The van der Waals surface area contributed by atoms with Gasteiger partial charge in [-0.15, -0.1) is 10.1 Å². The Morgan fingerprint density at radius 3 is 2.73 bits per heavy atom. The quantitative estimate of drug-likeness (QED) is 0.409. The van der Waals surface area contributed by atoms with Gasteiger partial charge >= 0.3 is 0 Å². The van der Waals surface area contributed by atoms with E-state index in [1.807, 2.05) is 42.5 Å². The summed E-state index contributed by atoms with van der Waals surface area (Å²) in [7, 11) is 0. The summed E-state index contributed by atoms with van der Waals surface area (Å²) in [5, 5.41) is 9.06. The van der Waals surface area contributed by atoms with Gasteiger partial charge in [-0.2, -0.15) is 0 Å². The van der Waals surface area contributed by atoms with Crippen molar-refractivity contribution < 1.29 is 9.92 Å². The van der Waals surface area contributed by atoms with Crippen molar-refractivity contribution in [2.75, 3.05) is 6.61 Å². The molecule has 0 atom stereocenters. The molecule has 0 amide bonds. The normalized spacial score (nSPS) is 10.4. The lowest BCUT2D eigenvalue weighted by Crippen LogP contribution is -2.01. The monoisotopic (exact) mass is 207 g/mol. The van der Waals surface area contributed by atoms with Gasteiger partial charge in [0, 0.05) is 0 Å². The molecule has 0 fully saturated rings. The molecular weight excluding hydrogens is 194 g/mol. The van der Waals surface area contributed by atoms with Gasteiger partial charge in [-0.05, 0) is 18.4 Å². The highest BCUT2D eigenvalue weighted by Gasteiger charge is 1.91. The second-order valence-electron chi connectivity index (χ2n) is 3.01. The lowest BCUT2D eigenvalue weighted by molar-refractivity contribution is -0.757. The smallest absolute Gasteiger partial charge is 0.294 e. The van der Waals surface area contributed by atoms with Crippen LogP contribution in [0, 0.1) is 10.1 Å². The molecule has 0 saturated heterocycles. The fourth-order valence-electron chi connectivity index (χ4n) is 1.12. The van der Waals surface area contributed by atoms with Crippen molar-refractivity contribution in [1.82, 2.24) is 0 Å². The third-order valence-electron chi connectivity index (χ3n) is 1.82. The molecule has 4 nitrogen and oxygen atoms in total. The highest BCUT2D eigenvalue weighted by molar-refractivity contribution is 5.48. The van der Waals surface area contributed by atoms with E-state index in [2.05, 4.69) is 4.84 Å². The molecule has 0 saturated carbocycles. The Morgan fingerprint density at radius 2 is 2.07 bits per heavy atom. The molecule has 0 aliphatic rings. The Balaban J connectivity index is 2.15. The minimum Gasteiger partial charge on any atom is -0.314 e. The molecule has 0 spiro atoms. The predicted octanol–water partition coefficient (Wildman–Crippen LogP) is 2.69. The third kappa shape index (κ3) is 5.46. The molecule has 80 valence electrons. The summed E-state index contributed by atoms with van der Waals surface area (Å²) in [5.74, 6) is 0. The van der Waals surface area contributed by atoms with Crippen LogP contribution in [0.5, 0.6) is 0 Å². The molecule has 0 heterocycles. The zero-order chi connectivity index (χ0) is 10.9. The second-order valence-corrected chi connectivity index (χ2v) is 3.01. The second kappa shape index (κ2) is 6.59. The molecule has 0 N–H and O–H groups in total. The largest absolute Gasteiger partial charge is 0.314 e. The summed E-state index contributed by atoms with van der Waals surface area (Å²) in [6.07, 6.45) is 5.41. The number of nitrogens with zero attached hydrogens (tertiary/aromatic N) is 1. The molecule has 1 aromatic carbocycles. The van der Waals surface area contributed by atoms with E-state index in [0.717, 1.165) is 12.0 Å². The van der Waals surface area contributed by atoms with Crippen molar-refractivity contribution in [3.8, 4) is 0 Å². The van der Waals surface area contributed by atoms with E-state index in [9.17, 15) is 10.1 Å². The third-order valence-corrected chi connectivity index (χ3v) is 1.82. The first-order valence-corrected chi connectivity index (χ1v) is 4.78. The maximum absolute atomic E-state index is 9.82. The summed E-state index contributed by atoms with van der Waals surface area (Å²) in [5.41, 5.74) is 1.13. The first-order chi connectivity index (χ1) is 7.29. The zero-order valence-corrected chi connectivity index (χ0v) is 8.33. The fraction of sp³-hybridized carbons (Fsp3) is 0.273. The average Bonchev–Trinajstić information content (AvgIpc) is 2.24. The fourth-order valence-corrected chi connectivity index (χ4v) is 1.12. The van der Waals surface area contributed by atoms with Gasteiger partial charge in [-0.25, -0.2) is 0 Å². The van der Waals surface area contributed by atoms with Crippen LogP contribution in [0.1, 0.15) is 18.4 Å². The minimum atomic E-state index is -0.763. The van der Waals surface area contributed by atoms with Crippen LogP contribution in [0.25, 0.3) is 6.08 Å². The van der Waals surface area contributed by atoms with E-state index >= 15 is 0 Å². The predicted molar refractivity (Wildman–Crippen MR) is 57.7 cm³/mol. The number of hydrogen-bond acceptors (Lipinski definition) is 3.